The molecule has 2 amide bonds. The van der Waals surface area contributed by atoms with Crippen LogP contribution in [0.3, 0.4) is 0 Å². The lowest BCUT2D eigenvalue weighted by Crippen LogP contribution is -2.37. The molecule has 15 heavy (non-hydrogen) atoms. The fraction of sp³-hybridized carbons (Fsp3) is 0.500. The van der Waals surface area contributed by atoms with E-state index in [1.165, 1.54) is 0 Å². The highest BCUT2D eigenvalue weighted by Crippen LogP contribution is 2.43. The van der Waals surface area contributed by atoms with E-state index in [2.05, 4.69) is 5.32 Å². The monoisotopic (exact) mass is 209 g/mol. The molecule has 1 aliphatic heterocycles. The van der Waals surface area contributed by atoms with Gasteiger partial charge in [0.25, 0.3) is 0 Å². The number of amides is 2. The van der Waals surface area contributed by atoms with Crippen molar-refractivity contribution in [2.45, 2.75) is 19.3 Å². The number of carbonyl (C=O) groups is 3. The number of carboxylic acids is 1. The van der Waals surface area contributed by atoms with Gasteiger partial charge in [-0.3, -0.25) is 19.7 Å². The van der Waals surface area contributed by atoms with E-state index in [-0.39, 0.29) is 12.3 Å². The van der Waals surface area contributed by atoms with E-state index < -0.39 is 23.2 Å². The second-order valence-corrected chi connectivity index (χ2v) is 3.96. The molecule has 1 heterocycles. The number of aliphatic carboxylic acids is 1. The predicted octanol–water partition coefficient (Wildman–Crippen LogP) is 0.0701. The molecule has 0 saturated carbocycles. The normalized spacial score (nSPS) is 33.7. The van der Waals surface area contributed by atoms with Crippen LogP contribution in [0.5, 0.6) is 0 Å². The van der Waals surface area contributed by atoms with Gasteiger partial charge in [-0.25, -0.2) is 0 Å². The number of carbonyl (C=O) groups excluding carboxylic acids is 2. The molecule has 0 aromatic heterocycles. The molecule has 0 bridgehead atoms. The number of fused-ring (bicyclic) bond motifs is 1. The van der Waals surface area contributed by atoms with Crippen LogP contribution in [-0.2, 0) is 14.4 Å². The van der Waals surface area contributed by atoms with Crippen molar-refractivity contribution < 1.29 is 19.5 Å². The lowest BCUT2D eigenvalue weighted by Gasteiger charge is -2.29. The summed E-state index contributed by atoms with van der Waals surface area (Å²) in [5.74, 6) is -2.39. The second-order valence-electron chi connectivity index (χ2n) is 3.96. The van der Waals surface area contributed by atoms with Crippen LogP contribution in [0.2, 0.25) is 0 Å². The Labute approximate surface area is 86.2 Å². The Morgan fingerprint density at radius 3 is 3.00 bits per heavy atom. The summed E-state index contributed by atoms with van der Waals surface area (Å²) in [4.78, 5) is 33.8. The van der Waals surface area contributed by atoms with Crippen LogP contribution in [0.4, 0.5) is 0 Å². The molecule has 0 aromatic rings. The van der Waals surface area contributed by atoms with E-state index in [0.717, 1.165) is 0 Å². The molecular formula is C10H11NO4. The first-order chi connectivity index (χ1) is 7.06. The van der Waals surface area contributed by atoms with Gasteiger partial charge in [0.2, 0.25) is 11.8 Å². The number of nitrogens with one attached hydrogen (secondary N) is 1. The maximum Gasteiger partial charge on any atom is 0.304 e. The molecule has 5 heteroatoms. The zero-order valence-corrected chi connectivity index (χ0v) is 8.03. The highest BCUT2D eigenvalue weighted by Gasteiger charge is 2.55. The molecule has 80 valence electrons. The highest BCUT2D eigenvalue weighted by atomic mass is 16.4. The largest absolute Gasteiger partial charge is 0.481 e. The summed E-state index contributed by atoms with van der Waals surface area (Å²) in [7, 11) is 0. The van der Waals surface area contributed by atoms with E-state index in [1.54, 1.807) is 12.2 Å². The molecule has 1 aliphatic carbocycles. The summed E-state index contributed by atoms with van der Waals surface area (Å²) in [6.45, 7) is 0. The standard InChI is InChI=1S/C10H11NO4/c12-7(13)5-10-4-2-1-3-6(10)8(14)11-9(10)15/h2,4,6H,1,3,5H2,(H,12,13)(H,11,14,15). The maximum atomic E-state index is 11.6. The molecule has 2 unspecified atom stereocenters. The van der Waals surface area contributed by atoms with Crippen LogP contribution in [0, 0.1) is 11.3 Å². The van der Waals surface area contributed by atoms with Gasteiger partial charge in [0.1, 0.15) is 0 Å². The third-order valence-electron chi connectivity index (χ3n) is 3.08. The molecular weight excluding hydrogens is 198 g/mol. The zero-order valence-electron chi connectivity index (χ0n) is 8.03. The Morgan fingerprint density at radius 1 is 1.60 bits per heavy atom. The van der Waals surface area contributed by atoms with Crippen LogP contribution < -0.4 is 5.32 Å². The van der Waals surface area contributed by atoms with E-state index in [4.69, 9.17) is 5.11 Å². The van der Waals surface area contributed by atoms with Crippen molar-refractivity contribution in [2.75, 3.05) is 0 Å². The predicted molar refractivity (Wildman–Crippen MR) is 49.7 cm³/mol. The second kappa shape index (κ2) is 3.18. The summed E-state index contributed by atoms with van der Waals surface area (Å²) in [6.07, 6.45) is 4.30. The van der Waals surface area contributed by atoms with Gasteiger partial charge in [0, 0.05) is 0 Å². The molecule has 2 rings (SSSR count). The van der Waals surface area contributed by atoms with Gasteiger partial charge in [-0.05, 0) is 12.8 Å². The van der Waals surface area contributed by atoms with Crippen molar-refractivity contribution in [1.29, 1.82) is 0 Å². The Hall–Kier alpha value is -1.65. The van der Waals surface area contributed by atoms with Crippen molar-refractivity contribution in [2.24, 2.45) is 11.3 Å². The van der Waals surface area contributed by atoms with Gasteiger partial charge < -0.3 is 5.11 Å². The van der Waals surface area contributed by atoms with Gasteiger partial charge >= 0.3 is 5.97 Å². The molecule has 0 aromatic carbocycles. The van der Waals surface area contributed by atoms with E-state index in [0.29, 0.717) is 12.8 Å². The number of carboxylic acid groups (broad SMARTS) is 1. The van der Waals surface area contributed by atoms with E-state index in [1.807, 2.05) is 0 Å². The highest BCUT2D eigenvalue weighted by molar-refractivity contribution is 6.09. The summed E-state index contributed by atoms with van der Waals surface area (Å²) in [6, 6.07) is 0. The quantitative estimate of drug-likeness (QED) is 0.498. The lowest BCUT2D eigenvalue weighted by molar-refractivity contribution is -0.143. The number of imide groups is 1. The third-order valence-corrected chi connectivity index (χ3v) is 3.08. The first-order valence-electron chi connectivity index (χ1n) is 4.81. The van der Waals surface area contributed by atoms with E-state index >= 15 is 0 Å². The van der Waals surface area contributed by atoms with Crippen molar-refractivity contribution in [3.8, 4) is 0 Å². The first kappa shape index (κ1) is 9.89. The van der Waals surface area contributed by atoms with Crippen LogP contribution in [0.15, 0.2) is 12.2 Å². The lowest BCUT2D eigenvalue weighted by atomic mass is 9.69. The SMILES string of the molecule is O=C(O)CC12C=CCCC1C(=O)NC2=O. The third kappa shape index (κ3) is 1.35. The van der Waals surface area contributed by atoms with Gasteiger partial charge in [-0.15, -0.1) is 0 Å². The molecule has 1 fully saturated rings. The molecule has 0 radical (unpaired) electrons. The zero-order chi connectivity index (χ0) is 11.1. The number of rotatable bonds is 2. The number of hydrogen-bond donors (Lipinski definition) is 2. The van der Waals surface area contributed by atoms with E-state index in [9.17, 15) is 14.4 Å². The van der Waals surface area contributed by atoms with Crippen LogP contribution >= 0.6 is 0 Å². The van der Waals surface area contributed by atoms with Crippen molar-refractivity contribution in [3.05, 3.63) is 12.2 Å². The Kier molecular flexibility index (Phi) is 2.10. The molecule has 0 spiro atoms. The van der Waals surface area contributed by atoms with Crippen molar-refractivity contribution in [1.82, 2.24) is 5.32 Å². The number of hydrogen-bond acceptors (Lipinski definition) is 3. The van der Waals surface area contributed by atoms with Crippen LogP contribution in [-0.4, -0.2) is 22.9 Å². The van der Waals surface area contributed by atoms with Crippen LogP contribution in [0.25, 0.3) is 0 Å². The fourth-order valence-corrected chi connectivity index (χ4v) is 2.36. The topological polar surface area (TPSA) is 83.5 Å². The summed E-state index contributed by atoms with van der Waals surface area (Å²) in [5, 5.41) is 11.0. The minimum atomic E-state index is -1.14. The van der Waals surface area contributed by atoms with Gasteiger partial charge in [0.15, 0.2) is 0 Å². The number of allylic oxidation sites excluding steroid dienone is 1. The maximum absolute atomic E-state index is 11.6. The van der Waals surface area contributed by atoms with Gasteiger partial charge in [-0.1, -0.05) is 12.2 Å². The van der Waals surface area contributed by atoms with Crippen molar-refractivity contribution in [3.63, 3.8) is 0 Å². The summed E-state index contributed by atoms with van der Waals surface area (Å²) < 4.78 is 0. The molecule has 2 aliphatic rings. The Morgan fingerprint density at radius 2 is 2.33 bits per heavy atom. The fourth-order valence-electron chi connectivity index (χ4n) is 2.36. The molecule has 5 nitrogen and oxygen atoms in total. The Bertz CT molecular complexity index is 374. The van der Waals surface area contributed by atoms with Crippen molar-refractivity contribution >= 4 is 17.8 Å². The smallest absolute Gasteiger partial charge is 0.304 e. The molecule has 2 N–H and O–H groups in total. The summed E-state index contributed by atoms with van der Waals surface area (Å²) in [5.41, 5.74) is -1.14. The average molecular weight is 209 g/mol. The molecule has 1 saturated heterocycles. The average Bonchev–Trinajstić information content (AvgIpc) is 2.39. The van der Waals surface area contributed by atoms with Gasteiger partial charge in [0.05, 0.1) is 17.8 Å². The minimum Gasteiger partial charge on any atom is -0.481 e. The van der Waals surface area contributed by atoms with Gasteiger partial charge in [-0.2, -0.15) is 0 Å². The first-order valence-corrected chi connectivity index (χ1v) is 4.81. The summed E-state index contributed by atoms with van der Waals surface area (Å²) >= 11 is 0. The minimum absolute atomic E-state index is 0.314. The Balaban J connectivity index is 2.41. The van der Waals surface area contributed by atoms with Crippen LogP contribution in [0.1, 0.15) is 19.3 Å². The molecule has 2 atom stereocenters.